The van der Waals surface area contributed by atoms with Gasteiger partial charge in [0.1, 0.15) is 5.75 Å². The van der Waals surface area contributed by atoms with Crippen molar-refractivity contribution in [2.24, 2.45) is 0 Å². The van der Waals surface area contributed by atoms with Crippen LogP contribution in [0.2, 0.25) is 5.02 Å². The predicted octanol–water partition coefficient (Wildman–Crippen LogP) is 2.83. The van der Waals surface area contributed by atoms with Crippen molar-refractivity contribution in [3.63, 3.8) is 0 Å². The third-order valence-corrected chi connectivity index (χ3v) is 5.12. The van der Waals surface area contributed by atoms with Crippen molar-refractivity contribution in [3.8, 4) is 5.75 Å². The first-order valence-electron chi connectivity index (χ1n) is 7.51. The maximum absolute atomic E-state index is 12.4. The molecule has 2 rings (SSSR count). The van der Waals surface area contributed by atoms with Crippen LogP contribution in [0.25, 0.3) is 0 Å². The first-order valence-corrected chi connectivity index (χ1v) is 9.37. The highest BCUT2D eigenvalue weighted by molar-refractivity contribution is 7.89. The maximum Gasteiger partial charge on any atom is 0.240 e. The molecule has 2 N–H and O–H groups in total. The monoisotopic (exact) mass is 382 g/mol. The fourth-order valence-corrected chi connectivity index (χ4v) is 3.39. The van der Waals surface area contributed by atoms with Gasteiger partial charge in [0.15, 0.2) is 0 Å². The normalized spacial score (nSPS) is 11.2. The maximum atomic E-state index is 12.4. The fraction of sp³-hybridized carbons (Fsp3) is 0.235. The Morgan fingerprint density at radius 3 is 2.44 bits per heavy atom. The number of hydrogen-bond acceptors (Lipinski definition) is 4. The topological polar surface area (TPSA) is 84.5 Å². The van der Waals surface area contributed by atoms with Crippen LogP contribution in [0.5, 0.6) is 5.75 Å². The number of sulfonamides is 1. The molecule has 0 atom stereocenters. The molecule has 25 heavy (non-hydrogen) atoms. The van der Waals surface area contributed by atoms with Crippen molar-refractivity contribution in [2.75, 3.05) is 19.0 Å². The van der Waals surface area contributed by atoms with Crippen LogP contribution in [0.15, 0.2) is 47.4 Å². The predicted molar refractivity (Wildman–Crippen MR) is 97.6 cm³/mol. The molecule has 0 bridgehead atoms. The first-order chi connectivity index (χ1) is 11.8. The molecule has 0 fully saturated rings. The minimum atomic E-state index is -3.70. The molecular formula is C17H19ClN2O4S. The molecule has 0 radical (unpaired) electrons. The van der Waals surface area contributed by atoms with Gasteiger partial charge in [-0.25, -0.2) is 13.1 Å². The van der Waals surface area contributed by atoms with Gasteiger partial charge in [-0.15, -0.1) is 0 Å². The van der Waals surface area contributed by atoms with Gasteiger partial charge in [-0.2, -0.15) is 0 Å². The van der Waals surface area contributed by atoms with Gasteiger partial charge in [0.2, 0.25) is 15.9 Å². The molecule has 0 aliphatic heterocycles. The molecule has 2 aromatic rings. The van der Waals surface area contributed by atoms with Gasteiger partial charge in [-0.05, 0) is 42.3 Å². The lowest BCUT2D eigenvalue weighted by Crippen LogP contribution is -2.26. The van der Waals surface area contributed by atoms with Crippen molar-refractivity contribution in [1.82, 2.24) is 4.72 Å². The number of carbonyl (C=O) groups excluding carboxylic acids is 1. The first kappa shape index (κ1) is 19.2. The summed E-state index contributed by atoms with van der Waals surface area (Å²) in [4.78, 5) is 11.3. The molecule has 2 aromatic carbocycles. The number of nitrogens with one attached hydrogen (secondary N) is 2. The zero-order valence-electron chi connectivity index (χ0n) is 13.9. The van der Waals surface area contributed by atoms with E-state index in [0.29, 0.717) is 22.9 Å². The van der Waals surface area contributed by atoms with Gasteiger partial charge in [0.25, 0.3) is 0 Å². The summed E-state index contributed by atoms with van der Waals surface area (Å²) < 4.78 is 32.5. The Morgan fingerprint density at radius 2 is 1.84 bits per heavy atom. The lowest BCUT2D eigenvalue weighted by Gasteiger charge is -2.12. The summed E-state index contributed by atoms with van der Waals surface area (Å²) in [7, 11) is -2.26. The number of ether oxygens (including phenoxy) is 1. The Hall–Kier alpha value is -2.09. The minimum Gasteiger partial charge on any atom is -0.495 e. The number of hydrogen-bond donors (Lipinski definition) is 2. The van der Waals surface area contributed by atoms with Gasteiger partial charge in [-0.1, -0.05) is 23.7 Å². The highest BCUT2D eigenvalue weighted by Crippen LogP contribution is 2.27. The van der Waals surface area contributed by atoms with Crippen molar-refractivity contribution >= 4 is 33.2 Å². The molecule has 0 heterocycles. The Labute approximate surface area is 152 Å². The van der Waals surface area contributed by atoms with E-state index < -0.39 is 10.0 Å². The Kier molecular flexibility index (Phi) is 6.41. The zero-order chi connectivity index (χ0) is 18.4. The van der Waals surface area contributed by atoms with E-state index in [1.165, 1.54) is 32.2 Å². The molecule has 0 spiro atoms. The van der Waals surface area contributed by atoms with Gasteiger partial charge >= 0.3 is 0 Å². The summed E-state index contributed by atoms with van der Waals surface area (Å²) in [5.41, 5.74) is 1.27. The highest BCUT2D eigenvalue weighted by atomic mass is 35.5. The number of anilines is 1. The SMILES string of the molecule is COc1ccc(S(=O)(=O)NCCc2ccc(Cl)cc2)cc1NC(C)=O. The molecule has 0 aliphatic carbocycles. The van der Waals surface area contributed by atoms with Crippen LogP contribution in [0.3, 0.4) is 0 Å². The second kappa shape index (κ2) is 8.33. The van der Waals surface area contributed by atoms with Crippen LogP contribution in [0.4, 0.5) is 5.69 Å². The Bertz CT molecular complexity index is 851. The van der Waals surface area contributed by atoms with E-state index in [2.05, 4.69) is 10.0 Å². The van der Waals surface area contributed by atoms with Crippen molar-refractivity contribution in [3.05, 3.63) is 53.1 Å². The second-order valence-electron chi connectivity index (χ2n) is 5.32. The third-order valence-electron chi connectivity index (χ3n) is 3.41. The Balaban J connectivity index is 2.10. The van der Waals surface area contributed by atoms with E-state index in [4.69, 9.17) is 16.3 Å². The second-order valence-corrected chi connectivity index (χ2v) is 7.52. The number of carbonyl (C=O) groups is 1. The lowest BCUT2D eigenvalue weighted by molar-refractivity contribution is -0.114. The molecule has 0 saturated heterocycles. The van der Waals surface area contributed by atoms with Gasteiger partial charge in [0.05, 0.1) is 17.7 Å². The average molecular weight is 383 g/mol. The standard InChI is InChI=1S/C17H19ClN2O4S/c1-12(21)20-16-11-15(7-8-17(16)24-2)25(22,23)19-10-9-13-3-5-14(18)6-4-13/h3-8,11,19H,9-10H2,1-2H3,(H,20,21). The van der Waals surface area contributed by atoms with Crippen molar-refractivity contribution in [2.45, 2.75) is 18.2 Å². The van der Waals surface area contributed by atoms with E-state index in [1.54, 1.807) is 12.1 Å². The lowest BCUT2D eigenvalue weighted by atomic mass is 10.2. The molecule has 6 nitrogen and oxygen atoms in total. The number of methoxy groups -OCH3 is 1. The van der Waals surface area contributed by atoms with Crippen molar-refractivity contribution < 1.29 is 17.9 Å². The van der Waals surface area contributed by atoms with Gasteiger partial charge in [0, 0.05) is 18.5 Å². The fourth-order valence-electron chi connectivity index (χ4n) is 2.21. The Morgan fingerprint density at radius 1 is 1.16 bits per heavy atom. The molecule has 0 aromatic heterocycles. The number of amides is 1. The van der Waals surface area contributed by atoms with Crippen LogP contribution >= 0.6 is 11.6 Å². The van der Waals surface area contributed by atoms with Crippen LogP contribution in [-0.4, -0.2) is 28.0 Å². The molecule has 0 unspecified atom stereocenters. The van der Waals surface area contributed by atoms with E-state index >= 15 is 0 Å². The minimum absolute atomic E-state index is 0.0492. The smallest absolute Gasteiger partial charge is 0.240 e. The van der Waals surface area contributed by atoms with Crippen molar-refractivity contribution in [1.29, 1.82) is 0 Å². The molecular weight excluding hydrogens is 364 g/mol. The molecule has 0 aliphatic rings. The molecule has 134 valence electrons. The van der Waals surface area contributed by atoms with Gasteiger partial charge < -0.3 is 10.1 Å². The van der Waals surface area contributed by atoms with E-state index in [1.807, 2.05) is 12.1 Å². The third kappa shape index (κ3) is 5.45. The summed E-state index contributed by atoms with van der Waals surface area (Å²) in [6.45, 7) is 1.58. The van der Waals surface area contributed by atoms with Crippen LogP contribution in [0.1, 0.15) is 12.5 Å². The number of halogens is 1. The number of rotatable bonds is 7. The van der Waals surface area contributed by atoms with E-state index in [0.717, 1.165) is 5.56 Å². The summed E-state index contributed by atoms with van der Waals surface area (Å²) >= 11 is 5.82. The summed E-state index contributed by atoms with van der Waals surface area (Å²) in [6, 6.07) is 11.5. The van der Waals surface area contributed by atoms with E-state index in [-0.39, 0.29) is 17.3 Å². The summed E-state index contributed by atoms with van der Waals surface area (Å²) in [5.74, 6) is 0.0684. The van der Waals surface area contributed by atoms with Gasteiger partial charge in [-0.3, -0.25) is 4.79 Å². The van der Waals surface area contributed by atoms with E-state index in [9.17, 15) is 13.2 Å². The molecule has 8 heteroatoms. The summed E-state index contributed by atoms with van der Waals surface area (Å²) in [5, 5.41) is 3.19. The quantitative estimate of drug-likeness (QED) is 0.771. The largest absolute Gasteiger partial charge is 0.495 e. The average Bonchev–Trinajstić information content (AvgIpc) is 2.56. The highest BCUT2D eigenvalue weighted by Gasteiger charge is 2.16. The van der Waals surface area contributed by atoms with Crippen LogP contribution in [0, 0.1) is 0 Å². The molecule has 0 saturated carbocycles. The summed E-state index contributed by atoms with van der Waals surface area (Å²) in [6.07, 6.45) is 0.533. The molecule has 1 amide bonds. The number of benzene rings is 2. The zero-order valence-corrected chi connectivity index (χ0v) is 15.4. The van der Waals surface area contributed by atoms with Crippen LogP contribution < -0.4 is 14.8 Å². The van der Waals surface area contributed by atoms with Crippen LogP contribution in [-0.2, 0) is 21.2 Å².